The monoisotopic (exact) mass is 710 g/mol. The van der Waals surface area contributed by atoms with Crippen molar-refractivity contribution < 1.29 is 67.2 Å². The van der Waals surface area contributed by atoms with Gasteiger partial charge in [0.1, 0.15) is 82.5 Å². The van der Waals surface area contributed by atoms with Crippen molar-refractivity contribution in [3.63, 3.8) is 0 Å². The Morgan fingerprint density at radius 1 is 0.633 bits per heavy atom. The topological polar surface area (TPSA) is 219 Å². The molecule has 10 atom stereocenters. The second-order valence-corrected chi connectivity index (χ2v) is 12.8. The number of rotatable bonds is 10. The van der Waals surface area contributed by atoms with Crippen molar-refractivity contribution in [2.75, 3.05) is 13.2 Å². The maximum absolute atomic E-state index is 13.7. The Morgan fingerprint density at radius 2 is 1.04 bits per heavy atom. The van der Waals surface area contributed by atoms with Crippen molar-refractivity contribution in [3.8, 4) is 0 Å². The lowest BCUT2D eigenvalue weighted by Crippen LogP contribution is -2.61. The molecule has 6 N–H and O–H groups in total. The third-order valence-corrected chi connectivity index (χ3v) is 9.62. The maximum atomic E-state index is 13.7. The SMILES string of the molecule is O=c1oc2ccc(F)cc2cc1CO[C@H]1[C@@H](O)[C@@H](CO)O[C@@H](S[C@@H]2O[C@H](CO)[C@H](O)[C@H](OCc3cc4cc(F)ccc4oc3=O)[C@H]2O)[C@@H]1O. The summed E-state index contributed by atoms with van der Waals surface area (Å²) in [4.78, 5) is 25.0. The first-order chi connectivity index (χ1) is 23.5. The van der Waals surface area contributed by atoms with E-state index in [-0.39, 0.29) is 33.1 Å². The van der Waals surface area contributed by atoms with Gasteiger partial charge in [-0.2, -0.15) is 0 Å². The van der Waals surface area contributed by atoms with E-state index in [9.17, 15) is 49.0 Å². The van der Waals surface area contributed by atoms with E-state index in [1.807, 2.05) is 0 Å². The van der Waals surface area contributed by atoms with Crippen LogP contribution in [0.25, 0.3) is 21.9 Å². The number of aliphatic hydroxyl groups is 6. The van der Waals surface area contributed by atoms with Gasteiger partial charge in [-0.25, -0.2) is 18.4 Å². The molecule has 0 amide bonds. The molecule has 49 heavy (non-hydrogen) atoms. The summed E-state index contributed by atoms with van der Waals surface area (Å²) in [6.45, 7) is -2.43. The lowest BCUT2D eigenvalue weighted by molar-refractivity contribution is -0.231. The quantitative estimate of drug-likeness (QED) is 0.122. The average Bonchev–Trinajstić information content (AvgIpc) is 3.07. The molecule has 0 saturated carbocycles. The highest BCUT2D eigenvalue weighted by Crippen LogP contribution is 2.38. The molecule has 4 heterocycles. The molecule has 0 aliphatic carbocycles. The zero-order valence-corrected chi connectivity index (χ0v) is 26.2. The van der Waals surface area contributed by atoms with E-state index in [1.165, 1.54) is 24.3 Å². The van der Waals surface area contributed by atoms with Crippen LogP contribution < -0.4 is 11.3 Å². The van der Waals surface area contributed by atoms with Crippen LogP contribution in [0.5, 0.6) is 0 Å². The van der Waals surface area contributed by atoms with Gasteiger partial charge in [0.15, 0.2) is 0 Å². The molecule has 2 saturated heterocycles. The van der Waals surface area contributed by atoms with Crippen molar-refractivity contribution in [3.05, 3.63) is 92.1 Å². The first-order valence-electron chi connectivity index (χ1n) is 15.1. The summed E-state index contributed by atoms with van der Waals surface area (Å²) in [6, 6.07) is 9.80. The van der Waals surface area contributed by atoms with Gasteiger partial charge in [-0.1, -0.05) is 11.8 Å². The number of ether oxygens (including phenoxy) is 4. The molecule has 6 rings (SSSR count). The van der Waals surface area contributed by atoms with E-state index in [0.717, 1.165) is 24.3 Å². The van der Waals surface area contributed by atoms with Crippen molar-refractivity contribution >= 4 is 33.7 Å². The smallest absolute Gasteiger partial charge is 0.341 e. The van der Waals surface area contributed by atoms with Gasteiger partial charge in [0, 0.05) is 10.8 Å². The van der Waals surface area contributed by atoms with Crippen molar-refractivity contribution in [1.29, 1.82) is 0 Å². The van der Waals surface area contributed by atoms with Crippen LogP contribution in [0.15, 0.2) is 67.0 Å². The highest BCUT2D eigenvalue weighted by Gasteiger charge is 2.51. The lowest BCUT2D eigenvalue weighted by atomic mass is 9.99. The Bertz CT molecular complexity index is 1770. The minimum absolute atomic E-state index is 0.0508. The molecular formula is C32H32F2O14S. The number of fused-ring (bicyclic) bond motifs is 2. The molecule has 0 radical (unpaired) electrons. The number of hydrogen-bond acceptors (Lipinski definition) is 15. The molecule has 2 aromatic carbocycles. The Hall–Kier alpha value is -3.33. The molecular weight excluding hydrogens is 678 g/mol. The van der Waals surface area contributed by atoms with E-state index in [1.54, 1.807) is 0 Å². The van der Waals surface area contributed by atoms with Gasteiger partial charge in [-0.15, -0.1) is 0 Å². The number of hydrogen-bond donors (Lipinski definition) is 6. The third-order valence-electron chi connectivity index (χ3n) is 8.31. The minimum Gasteiger partial charge on any atom is -0.422 e. The number of halogens is 2. The van der Waals surface area contributed by atoms with Crippen molar-refractivity contribution in [2.24, 2.45) is 0 Å². The van der Waals surface area contributed by atoms with Gasteiger partial charge in [0.05, 0.1) is 37.6 Å². The fourth-order valence-corrected chi connectivity index (χ4v) is 7.01. The Labute approximate surface area is 279 Å². The largest absolute Gasteiger partial charge is 0.422 e. The van der Waals surface area contributed by atoms with Gasteiger partial charge in [0.25, 0.3) is 0 Å². The highest BCUT2D eigenvalue weighted by atomic mass is 32.2. The van der Waals surface area contributed by atoms with Gasteiger partial charge in [-0.3, -0.25) is 0 Å². The molecule has 4 aromatic rings. The van der Waals surface area contributed by atoms with Crippen molar-refractivity contribution in [1.82, 2.24) is 0 Å². The van der Waals surface area contributed by atoms with Crippen LogP contribution in [0.2, 0.25) is 0 Å². The molecule has 0 spiro atoms. The van der Waals surface area contributed by atoms with E-state index in [0.29, 0.717) is 11.8 Å². The number of benzene rings is 2. The minimum atomic E-state index is -1.66. The standard InChI is InChI=1S/C32H32F2O14S/c33-17-1-3-19-13(7-17)5-15(29(41)45-19)11-43-27-23(37)21(9-35)47-31(25(27)39)49-32-26(40)28(24(38)22(10-36)48-32)44-12-16-6-14-8-18(34)2-4-20(14)46-30(16)42/h1-8,21-28,31-32,35-40H,9-12H2/t21-,22-,23+,24+,25-,26-,27+,28+,31+,32+/m1/s1. The van der Waals surface area contributed by atoms with E-state index in [4.69, 9.17) is 27.8 Å². The van der Waals surface area contributed by atoms with E-state index in [2.05, 4.69) is 0 Å². The molecule has 17 heteroatoms. The summed E-state index contributed by atoms with van der Waals surface area (Å²) in [5.41, 5.74) is -4.15. The Morgan fingerprint density at radius 3 is 1.43 bits per heavy atom. The summed E-state index contributed by atoms with van der Waals surface area (Å²) in [6.07, 6.45) is -12.1. The normalized spacial score (nSPS) is 30.6. The predicted octanol–water partition coefficient (Wildman–Crippen LogP) is 0.259. The summed E-state index contributed by atoms with van der Waals surface area (Å²) in [5.74, 6) is -1.14. The fourth-order valence-electron chi connectivity index (χ4n) is 5.70. The molecule has 264 valence electrons. The highest BCUT2D eigenvalue weighted by molar-refractivity contribution is 8.00. The van der Waals surface area contributed by atoms with Crippen LogP contribution in [-0.2, 0) is 32.2 Å². The second kappa shape index (κ2) is 14.9. The molecule has 0 unspecified atom stereocenters. The molecule has 14 nitrogen and oxygen atoms in total. The summed E-state index contributed by atoms with van der Waals surface area (Å²) >= 11 is 0.671. The second-order valence-electron chi connectivity index (χ2n) is 11.6. The maximum Gasteiger partial charge on any atom is 0.341 e. The van der Waals surface area contributed by atoms with Crippen LogP contribution in [-0.4, -0.2) is 104 Å². The van der Waals surface area contributed by atoms with E-state index < -0.39 is 109 Å². The molecule has 2 aliphatic heterocycles. The first kappa shape index (κ1) is 35.5. The lowest BCUT2D eigenvalue weighted by Gasteiger charge is -2.46. The van der Waals surface area contributed by atoms with Gasteiger partial charge < -0.3 is 58.4 Å². The Balaban J connectivity index is 1.17. The van der Waals surface area contributed by atoms with Gasteiger partial charge >= 0.3 is 11.3 Å². The van der Waals surface area contributed by atoms with Crippen LogP contribution in [0, 0.1) is 11.6 Å². The molecule has 0 bridgehead atoms. The molecule has 2 aromatic heterocycles. The van der Waals surface area contributed by atoms with Gasteiger partial charge in [0.2, 0.25) is 0 Å². The van der Waals surface area contributed by atoms with Crippen molar-refractivity contribution in [2.45, 2.75) is 72.9 Å². The summed E-state index contributed by atoms with van der Waals surface area (Å²) in [5, 5.41) is 64.4. The number of aliphatic hydroxyl groups excluding tert-OH is 6. The zero-order valence-electron chi connectivity index (χ0n) is 25.3. The van der Waals surface area contributed by atoms with E-state index >= 15 is 0 Å². The zero-order chi connectivity index (χ0) is 35.0. The van der Waals surface area contributed by atoms with Crippen LogP contribution in [0.1, 0.15) is 11.1 Å². The predicted molar refractivity (Wildman–Crippen MR) is 165 cm³/mol. The average molecular weight is 711 g/mol. The summed E-state index contributed by atoms with van der Waals surface area (Å²) in [7, 11) is 0. The number of thioether (sulfide) groups is 1. The molecule has 2 fully saturated rings. The first-order valence-corrected chi connectivity index (χ1v) is 16.0. The fraction of sp³-hybridized carbons (Fsp3) is 0.438. The molecule has 2 aliphatic rings. The van der Waals surface area contributed by atoms with Gasteiger partial charge in [-0.05, 0) is 48.5 Å². The Kier molecular flexibility index (Phi) is 10.8. The van der Waals surface area contributed by atoms with Crippen LogP contribution in [0.3, 0.4) is 0 Å². The third kappa shape index (κ3) is 7.42. The van der Waals surface area contributed by atoms with Crippen LogP contribution in [0.4, 0.5) is 8.78 Å². The summed E-state index contributed by atoms with van der Waals surface area (Å²) < 4.78 is 60.7. The van der Waals surface area contributed by atoms with Crippen LogP contribution >= 0.6 is 11.8 Å².